The molecule has 0 aromatic heterocycles. The van der Waals surface area contributed by atoms with Crippen molar-refractivity contribution in [3.63, 3.8) is 0 Å². The number of carbonyl (C=O) groups is 2. The third-order valence-electron chi connectivity index (χ3n) is 11.2. The fraction of sp³-hybridized carbons (Fsp3) is 0.796. The van der Waals surface area contributed by atoms with Crippen molar-refractivity contribution in [2.24, 2.45) is 0 Å². The van der Waals surface area contributed by atoms with E-state index in [2.05, 4.69) is 62.5 Å². The highest BCUT2D eigenvalue weighted by Gasteiger charge is 2.51. The lowest BCUT2D eigenvalue weighted by molar-refractivity contribution is -0.220. The molecule has 0 aliphatic heterocycles. The molecule has 1 rings (SSSR count). The summed E-state index contributed by atoms with van der Waals surface area (Å²) in [6.07, 6.45) is 33.0. The van der Waals surface area contributed by atoms with Gasteiger partial charge in [-0.3, -0.25) is 18.6 Å². The molecule has 1 saturated carbocycles. The van der Waals surface area contributed by atoms with Crippen LogP contribution in [-0.2, 0) is 32.7 Å². The Morgan fingerprint density at radius 2 is 0.857 bits per heavy atom. The van der Waals surface area contributed by atoms with Crippen molar-refractivity contribution in [2.45, 2.75) is 236 Å². The second-order valence-corrected chi connectivity index (χ2v) is 18.4. The Bertz CT molecular complexity index is 1290. The highest BCUT2D eigenvalue weighted by Crippen LogP contribution is 2.47. The number of rotatable bonds is 40. The number of unbranched alkanes of at least 4 members (excludes halogenated alkanes) is 20. The van der Waals surface area contributed by atoms with Gasteiger partial charge in [-0.2, -0.15) is 0 Å². The lowest BCUT2D eigenvalue weighted by atomic mass is 9.85. The van der Waals surface area contributed by atoms with E-state index in [-0.39, 0.29) is 12.8 Å². The molecule has 14 heteroatoms. The average molecular weight is 915 g/mol. The molecular formula is C49H87O13P. The van der Waals surface area contributed by atoms with Crippen molar-refractivity contribution in [1.82, 2.24) is 0 Å². The summed E-state index contributed by atoms with van der Waals surface area (Å²) >= 11 is 0. The lowest BCUT2D eigenvalue weighted by Gasteiger charge is -2.41. The zero-order valence-electron chi connectivity index (χ0n) is 38.9. The number of allylic oxidation sites excluding steroid dienone is 8. The highest BCUT2D eigenvalue weighted by molar-refractivity contribution is 7.47. The van der Waals surface area contributed by atoms with Crippen molar-refractivity contribution in [3.8, 4) is 0 Å². The molecule has 366 valence electrons. The number of aliphatic hydroxyl groups is 5. The second kappa shape index (κ2) is 39.0. The normalized spacial score (nSPS) is 22.1. The molecule has 0 heterocycles. The maximum Gasteiger partial charge on any atom is 0.472 e. The summed E-state index contributed by atoms with van der Waals surface area (Å²) in [6.45, 7) is 3.26. The lowest BCUT2D eigenvalue weighted by Crippen LogP contribution is -2.64. The van der Waals surface area contributed by atoms with Crippen molar-refractivity contribution in [3.05, 3.63) is 48.6 Å². The molecule has 63 heavy (non-hydrogen) atoms. The molecule has 0 aromatic rings. The van der Waals surface area contributed by atoms with Crippen molar-refractivity contribution >= 4 is 19.8 Å². The molecule has 0 bridgehead atoms. The zero-order valence-corrected chi connectivity index (χ0v) is 39.8. The van der Waals surface area contributed by atoms with E-state index in [0.29, 0.717) is 12.8 Å². The number of hydrogen-bond acceptors (Lipinski definition) is 12. The standard InChI is InChI=1S/C49H87O13P/c1-3-5-7-9-11-13-15-17-19-20-21-22-24-26-28-30-32-34-36-38-43(51)61-41(40-60-63(57,58)62-49-47(55)45(53)44(52)46(54)48(49)56)39-59-42(50)37-35-33-31-29-27-25-23-18-16-14-12-10-8-6-4-2/h11,13,17,19,21-22,26,28,41,44-49,52-56H,3-10,12,14-16,18,20,23-25,27,29-40H2,1-2H3,(H,57,58)/b13-11+,19-17+,22-21+,28-26+/t41-,44?,45-,46?,47?,48?,49?/m1/s1. The van der Waals surface area contributed by atoms with E-state index >= 15 is 0 Å². The van der Waals surface area contributed by atoms with Crippen LogP contribution in [0, 0.1) is 0 Å². The molecule has 0 amide bonds. The number of hydrogen-bond donors (Lipinski definition) is 6. The first kappa shape index (κ1) is 58.8. The van der Waals surface area contributed by atoms with Crippen LogP contribution >= 0.6 is 7.82 Å². The van der Waals surface area contributed by atoms with Gasteiger partial charge < -0.3 is 39.9 Å². The Labute approximate surface area is 380 Å². The van der Waals surface area contributed by atoms with Gasteiger partial charge in [0.05, 0.1) is 6.61 Å². The van der Waals surface area contributed by atoms with Gasteiger partial charge in [-0.15, -0.1) is 0 Å². The Hall–Kier alpha value is -2.19. The van der Waals surface area contributed by atoms with Crippen LogP contribution in [0.25, 0.3) is 0 Å². The molecule has 0 saturated heterocycles. The minimum atomic E-state index is -5.13. The van der Waals surface area contributed by atoms with E-state index in [1.165, 1.54) is 89.9 Å². The van der Waals surface area contributed by atoms with Crippen molar-refractivity contribution in [1.29, 1.82) is 0 Å². The van der Waals surface area contributed by atoms with Crippen LogP contribution in [0.5, 0.6) is 0 Å². The van der Waals surface area contributed by atoms with Crippen LogP contribution in [0.1, 0.15) is 194 Å². The number of aliphatic hydroxyl groups excluding tert-OH is 5. The number of esters is 2. The summed E-state index contributed by atoms with van der Waals surface area (Å²) in [4.78, 5) is 35.7. The van der Waals surface area contributed by atoms with E-state index in [4.69, 9.17) is 18.5 Å². The SMILES string of the molecule is CCCCC/C=C/C/C=C/C/C=C/C/C=C/CCCCCC(=O)O[C@H](COC(=O)CCCCCCCCCCCCCCCCC)COP(=O)(O)OC1C(O)C(O)C(O)[C@@H](O)C1O. The number of phosphoric ester groups is 1. The van der Waals surface area contributed by atoms with Crippen molar-refractivity contribution in [2.75, 3.05) is 13.2 Å². The molecule has 8 atom stereocenters. The largest absolute Gasteiger partial charge is 0.472 e. The molecule has 0 aromatic carbocycles. The summed E-state index contributed by atoms with van der Waals surface area (Å²) in [5.41, 5.74) is 0. The van der Waals surface area contributed by atoms with Crippen molar-refractivity contribution < 1.29 is 63.1 Å². The first-order valence-corrected chi connectivity index (χ1v) is 25.9. The monoisotopic (exact) mass is 915 g/mol. The molecule has 0 spiro atoms. The summed E-state index contributed by atoms with van der Waals surface area (Å²) in [5.74, 6) is -1.13. The quantitative estimate of drug-likeness (QED) is 0.0147. The van der Waals surface area contributed by atoms with Crippen LogP contribution in [-0.4, -0.2) is 98.3 Å². The van der Waals surface area contributed by atoms with Crippen LogP contribution < -0.4 is 0 Å². The van der Waals surface area contributed by atoms with E-state index in [0.717, 1.165) is 64.2 Å². The van der Waals surface area contributed by atoms with Gasteiger partial charge >= 0.3 is 19.8 Å². The van der Waals surface area contributed by atoms with Gasteiger partial charge in [0.25, 0.3) is 0 Å². The van der Waals surface area contributed by atoms with Crippen LogP contribution in [0.4, 0.5) is 0 Å². The van der Waals surface area contributed by atoms with Gasteiger partial charge in [-0.05, 0) is 57.8 Å². The molecule has 1 aliphatic carbocycles. The molecule has 0 radical (unpaired) electrons. The molecule has 13 nitrogen and oxygen atoms in total. The average Bonchev–Trinajstić information content (AvgIpc) is 3.26. The Morgan fingerprint density at radius 3 is 1.33 bits per heavy atom. The molecule has 6 N–H and O–H groups in total. The summed E-state index contributed by atoms with van der Waals surface area (Å²) in [7, 11) is -5.13. The van der Waals surface area contributed by atoms with Crippen LogP contribution in [0.15, 0.2) is 48.6 Å². The topological polar surface area (TPSA) is 210 Å². The Balaban J connectivity index is 2.46. The summed E-state index contributed by atoms with van der Waals surface area (Å²) in [6, 6.07) is 0. The maximum atomic E-state index is 12.8. The van der Waals surface area contributed by atoms with Gasteiger partial charge in [0.15, 0.2) is 6.10 Å². The predicted octanol–water partition coefficient (Wildman–Crippen LogP) is 9.95. The number of ether oxygens (including phenoxy) is 2. The first-order valence-electron chi connectivity index (χ1n) is 24.4. The summed E-state index contributed by atoms with van der Waals surface area (Å²) in [5, 5.41) is 50.2. The predicted molar refractivity (Wildman–Crippen MR) is 249 cm³/mol. The maximum absolute atomic E-state index is 12.8. The smallest absolute Gasteiger partial charge is 0.462 e. The van der Waals surface area contributed by atoms with E-state index in [1.807, 2.05) is 0 Å². The Kier molecular flexibility index (Phi) is 36.4. The minimum Gasteiger partial charge on any atom is -0.462 e. The fourth-order valence-corrected chi connectivity index (χ4v) is 8.18. The minimum absolute atomic E-state index is 0.0596. The van der Waals surface area contributed by atoms with Gasteiger partial charge in [0.2, 0.25) is 0 Å². The fourth-order valence-electron chi connectivity index (χ4n) is 7.21. The van der Waals surface area contributed by atoms with E-state index < -0.39 is 75.7 Å². The number of phosphoric acid groups is 1. The van der Waals surface area contributed by atoms with Gasteiger partial charge in [-0.25, -0.2) is 4.57 Å². The molecule has 1 fully saturated rings. The molecular weight excluding hydrogens is 828 g/mol. The van der Waals surface area contributed by atoms with E-state index in [1.54, 1.807) is 0 Å². The van der Waals surface area contributed by atoms with E-state index in [9.17, 15) is 44.6 Å². The highest BCUT2D eigenvalue weighted by atomic mass is 31.2. The second-order valence-electron chi connectivity index (χ2n) is 17.0. The first-order chi connectivity index (χ1) is 30.4. The van der Waals surface area contributed by atoms with Crippen LogP contribution in [0.3, 0.4) is 0 Å². The van der Waals surface area contributed by atoms with Gasteiger partial charge in [-0.1, -0.05) is 172 Å². The molecule has 6 unspecified atom stereocenters. The third-order valence-corrected chi connectivity index (χ3v) is 12.2. The summed E-state index contributed by atoms with van der Waals surface area (Å²) < 4.78 is 33.5. The van der Waals surface area contributed by atoms with Gasteiger partial charge in [0.1, 0.15) is 43.2 Å². The van der Waals surface area contributed by atoms with Gasteiger partial charge in [0, 0.05) is 12.8 Å². The molecule has 1 aliphatic rings. The zero-order chi connectivity index (χ0) is 46.4. The number of carbonyl (C=O) groups excluding carboxylic acids is 2. The Morgan fingerprint density at radius 1 is 0.492 bits per heavy atom. The van der Waals surface area contributed by atoms with Crippen LogP contribution in [0.2, 0.25) is 0 Å². The third kappa shape index (κ3) is 31.4.